The van der Waals surface area contributed by atoms with Crippen molar-refractivity contribution in [3.8, 4) is 11.8 Å². The molecule has 0 saturated carbocycles. The molecule has 14 heavy (non-hydrogen) atoms. The van der Waals surface area contributed by atoms with Gasteiger partial charge in [0.1, 0.15) is 5.70 Å². The summed E-state index contributed by atoms with van der Waals surface area (Å²) in [6.45, 7) is 1.67. The molecule has 1 aliphatic carbocycles. The molecule has 0 aromatic rings. The average Bonchev–Trinajstić information content (AvgIpc) is 2.11. The molecule has 0 saturated heterocycles. The third-order valence-corrected chi connectivity index (χ3v) is 1.98. The predicted octanol–water partition coefficient (Wildman–Crippen LogP) is 0.114. The van der Waals surface area contributed by atoms with Crippen LogP contribution in [0.1, 0.15) is 13.3 Å². The van der Waals surface area contributed by atoms with E-state index in [1.807, 2.05) is 0 Å². The van der Waals surface area contributed by atoms with Gasteiger partial charge in [0, 0.05) is 10.5 Å². The number of allylic oxidation sites excluding steroid dienone is 1. The molecule has 0 amide bonds. The fourth-order valence-electron chi connectivity index (χ4n) is 1.28. The summed E-state index contributed by atoms with van der Waals surface area (Å²) >= 11 is 0. The fourth-order valence-corrected chi connectivity index (χ4v) is 1.28. The standard InChI is InChI=1S/C9H11N3O2/c1-2-3-6-4-7(10)9(11)8(5-6)12(13)14/h4,8H,5,10-11H2,1H3. The van der Waals surface area contributed by atoms with Crippen molar-refractivity contribution in [1.29, 1.82) is 0 Å². The lowest BCUT2D eigenvalue weighted by Crippen LogP contribution is -2.32. The Morgan fingerprint density at radius 1 is 1.64 bits per heavy atom. The van der Waals surface area contributed by atoms with Crippen LogP contribution >= 0.6 is 0 Å². The summed E-state index contributed by atoms with van der Waals surface area (Å²) in [5.41, 5.74) is 12.1. The first-order valence-electron chi connectivity index (χ1n) is 4.08. The van der Waals surface area contributed by atoms with Gasteiger partial charge < -0.3 is 11.5 Å². The molecule has 0 spiro atoms. The van der Waals surface area contributed by atoms with Crippen molar-refractivity contribution in [1.82, 2.24) is 0 Å². The van der Waals surface area contributed by atoms with Crippen molar-refractivity contribution in [3.05, 3.63) is 33.2 Å². The Morgan fingerprint density at radius 3 is 2.79 bits per heavy atom. The highest BCUT2D eigenvalue weighted by Gasteiger charge is 2.29. The molecule has 1 unspecified atom stereocenters. The van der Waals surface area contributed by atoms with Crippen LogP contribution in [0.15, 0.2) is 23.0 Å². The highest BCUT2D eigenvalue weighted by Crippen LogP contribution is 2.20. The van der Waals surface area contributed by atoms with Gasteiger partial charge in [-0.3, -0.25) is 10.1 Å². The average molecular weight is 193 g/mol. The monoisotopic (exact) mass is 193 g/mol. The number of nitrogens with two attached hydrogens (primary N) is 2. The van der Waals surface area contributed by atoms with Crippen molar-refractivity contribution < 1.29 is 4.92 Å². The number of hydrogen-bond acceptors (Lipinski definition) is 4. The van der Waals surface area contributed by atoms with Crippen molar-refractivity contribution in [2.24, 2.45) is 11.5 Å². The number of nitrogens with zero attached hydrogens (tertiary/aromatic N) is 1. The Hall–Kier alpha value is -1.96. The predicted molar refractivity (Wildman–Crippen MR) is 52.3 cm³/mol. The molecule has 5 nitrogen and oxygen atoms in total. The minimum Gasteiger partial charge on any atom is -0.397 e. The van der Waals surface area contributed by atoms with E-state index in [0.717, 1.165) is 0 Å². The van der Waals surface area contributed by atoms with Gasteiger partial charge >= 0.3 is 0 Å². The van der Waals surface area contributed by atoms with Crippen molar-refractivity contribution in [2.75, 3.05) is 0 Å². The Labute approximate surface area is 81.6 Å². The molecule has 1 rings (SSSR count). The molecule has 74 valence electrons. The molecular formula is C9H11N3O2. The van der Waals surface area contributed by atoms with Gasteiger partial charge in [0.15, 0.2) is 0 Å². The Bertz CT molecular complexity index is 385. The van der Waals surface area contributed by atoms with Crippen LogP contribution < -0.4 is 11.5 Å². The van der Waals surface area contributed by atoms with Crippen LogP contribution in [0.2, 0.25) is 0 Å². The van der Waals surface area contributed by atoms with E-state index in [2.05, 4.69) is 11.8 Å². The van der Waals surface area contributed by atoms with Gasteiger partial charge in [-0.2, -0.15) is 0 Å². The lowest BCUT2D eigenvalue weighted by molar-refractivity contribution is -0.512. The van der Waals surface area contributed by atoms with E-state index >= 15 is 0 Å². The maximum absolute atomic E-state index is 10.6. The van der Waals surface area contributed by atoms with Crippen LogP contribution in [0.5, 0.6) is 0 Å². The van der Waals surface area contributed by atoms with Crippen LogP contribution in [-0.2, 0) is 0 Å². The topological polar surface area (TPSA) is 95.2 Å². The largest absolute Gasteiger partial charge is 0.397 e. The second-order valence-electron chi connectivity index (χ2n) is 2.96. The Balaban J connectivity index is 3.05. The van der Waals surface area contributed by atoms with E-state index in [0.29, 0.717) is 5.57 Å². The normalized spacial score (nSPS) is 20.9. The summed E-state index contributed by atoms with van der Waals surface area (Å²) in [5, 5.41) is 10.6. The second-order valence-corrected chi connectivity index (χ2v) is 2.96. The first-order valence-corrected chi connectivity index (χ1v) is 4.08. The molecular weight excluding hydrogens is 182 g/mol. The van der Waals surface area contributed by atoms with Crippen LogP contribution in [0.25, 0.3) is 0 Å². The molecule has 0 bridgehead atoms. The first kappa shape index (κ1) is 10.1. The molecule has 1 atom stereocenters. The molecule has 1 aliphatic rings. The fraction of sp³-hybridized carbons (Fsp3) is 0.333. The van der Waals surface area contributed by atoms with E-state index in [1.165, 1.54) is 0 Å². The zero-order chi connectivity index (χ0) is 10.7. The van der Waals surface area contributed by atoms with E-state index in [-0.39, 0.29) is 17.8 Å². The highest BCUT2D eigenvalue weighted by molar-refractivity contribution is 5.41. The lowest BCUT2D eigenvalue weighted by Gasteiger charge is -2.15. The third-order valence-electron chi connectivity index (χ3n) is 1.98. The van der Waals surface area contributed by atoms with Crippen LogP contribution in [-0.4, -0.2) is 11.0 Å². The Kier molecular flexibility index (Phi) is 2.77. The second kappa shape index (κ2) is 3.83. The van der Waals surface area contributed by atoms with Crippen LogP contribution in [0, 0.1) is 22.0 Å². The summed E-state index contributed by atoms with van der Waals surface area (Å²) in [6, 6.07) is -0.934. The summed E-state index contributed by atoms with van der Waals surface area (Å²) in [5.74, 6) is 5.43. The molecule has 5 heteroatoms. The van der Waals surface area contributed by atoms with E-state index in [9.17, 15) is 10.1 Å². The van der Waals surface area contributed by atoms with Gasteiger partial charge in [0.05, 0.1) is 12.1 Å². The smallest absolute Gasteiger partial charge is 0.258 e. The molecule has 0 aliphatic heterocycles. The SMILES string of the molecule is CC#CC1=CC(N)=C(N)C([N+](=O)[O-])C1. The van der Waals surface area contributed by atoms with Crippen molar-refractivity contribution in [2.45, 2.75) is 19.4 Å². The van der Waals surface area contributed by atoms with Gasteiger partial charge in [0.25, 0.3) is 6.04 Å². The minimum absolute atomic E-state index is 0.122. The summed E-state index contributed by atoms with van der Waals surface area (Å²) < 4.78 is 0. The summed E-state index contributed by atoms with van der Waals surface area (Å²) in [7, 11) is 0. The molecule has 0 aromatic carbocycles. The quantitative estimate of drug-likeness (QED) is 0.351. The van der Waals surface area contributed by atoms with Crippen LogP contribution in [0.3, 0.4) is 0 Å². The van der Waals surface area contributed by atoms with E-state index < -0.39 is 11.0 Å². The highest BCUT2D eigenvalue weighted by atomic mass is 16.6. The van der Waals surface area contributed by atoms with Crippen molar-refractivity contribution >= 4 is 0 Å². The maximum atomic E-state index is 10.6. The first-order chi connectivity index (χ1) is 6.56. The number of nitro groups is 1. The Morgan fingerprint density at radius 2 is 2.29 bits per heavy atom. The number of rotatable bonds is 1. The molecule has 0 heterocycles. The van der Waals surface area contributed by atoms with Gasteiger partial charge in [-0.25, -0.2) is 0 Å². The third kappa shape index (κ3) is 1.85. The molecule has 4 N–H and O–H groups in total. The van der Waals surface area contributed by atoms with Gasteiger partial charge in [-0.15, -0.1) is 5.92 Å². The van der Waals surface area contributed by atoms with E-state index in [1.54, 1.807) is 13.0 Å². The molecule has 0 aromatic heterocycles. The zero-order valence-electron chi connectivity index (χ0n) is 7.78. The summed E-state index contributed by atoms with van der Waals surface area (Å²) in [4.78, 5) is 10.2. The van der Waals surface area contributed by atoms with Gasteiger partial charge in [-0.1, -0.05) is 5.92 Å². The van der Waals surface area contributed by atoms with Crippen LogP contribution in [0.4, 0.5) is 0 Å². The molecule has 0 fully saturated rings. The zero-order valence-corrected chi connectivity index (χ0v) is 7.78. The van der Waals surface area contributed by atoms with E-state index in [4.69, 9.17) is 11.5 Å². The number of hydrogen-bond donors (Lipinski definition) is 2. The maximum Gasteiger partial charge on any atom is 0.258 e. The molecule has 0 radical (unpaired) electrons. The summed E-state index contributed by atoms with van der Waals surface area (Å²) in [6.07, 6.45) is 1.81. The van der Waals surface area contributed by atoms with Gasteiger partial charge in [-0.05, 0) is 13.0 Å². The van der Waals surface area contributed by atoms with Crippen molar-refractivity contribution in [3.63, 3.8) is 0 Å². The lowest BCUT2D eigenvalue weighted by atomic mass is 9.97. The van der Waals surface area contributed by atoms with Gasteiger partial charge in [0.2, 0.25) is 0 Å². The minimum atomic E-state index is -0.934.